The molecule has 2 aromatic rings. The average molecular weight is 598 g/mol. The topological polar surface area (TPSA) is 128 Å². The molecule has 2 aromatic carbocycles. The number of ether oxygens (including phenoxy) is 1. The van der Waals surface area contributed by atoms with Crippen LogP contribution in [-0.2, 0) is 20.7 Å². The average Bonchev–Trinajstić information content (AvgIpc) is 2.88. The molecule has 0 fully saturated rings. The standard InChI is InChI=1S/C34H51N3O6/c1-9-10-11-12-13-21-37(28(30(40)36-33(3,4)5)26-16-14-15-23(2)29(26)39)31(41)27(35-32(42)43-34(6,7)8)22-24-17-19-25(38)20-18-24/h14-20,27-28,38-39H,9-13,21-22H2,1-8H3,(H,35,42)(H,36,40). The summed E-state index contributed by atoms with van der Waals surface area (Å²) in [6.45, 7) is 14.9. The molecule has 0 saturated carbocycles. The molecule has 238 valence electrons. The van der Waals surface area contributed by atoms with E-state index in [1.54, 1.807) is 58.0 Å². The Labute approximate surface area is 257 Å². The van der Waals surface area contributed by atoms with Crippen LogP contribution in [0, 0.1) is 6.92 Å². The number of hydrogen-bond donors (Lipinski definition) is 4. The number of phenols is 2. The van der Waals surface area contributed by atoms with Crippen molar-refractivity contribution < 1.29 is 29.3 Å². The molecular formula is C34H51N3O6. The number of nitrogens with one attached hydrogen (secondary N) is 2. The second-order valence-electron chi connectivity index (χ2n) is 13.2. The highest BCUT2D eigenvalue weighted by Gasteiger charge is 2.38. The Bertz CT molecular complexity index is 1210. The minimum atomic E-state index is -1.15. The van der Waals surface area contributed by atoms with Gasteiger partial charge in [-0.3, -0.25) is 9.59 Å². The molecule has 0 aliphatic rings. The van der Waals surface area contributed by atoms with Crippen LogP contribution >= 0.6 is 0 Å². The van der Waals surface area contributed by atoms with Crippen molar-refractivity contribution in [2.75, 3.05) is 6.54 Å². The summed E-state index contributed by atoms with van der Waals surface area (Å²) in [5.41, 5.74) is 0.185. The van der Waals surface area contributed by atoms with Gasteiger partial charge in [0.1, 0.15) is 29.2 Å². The Morgan fingerprint density at radius 2 is 1.53 bits per heavy atom. The molecule has 2 atom stereocenters. The fourth-order valence-electron chi connectivity index (χ4n) is 4.76. The Morgan fingerprint density at radius 1 is 0.907 bits per heavy atom. The number of aryl methyl sites for hydroxylation is 1. The summed E-state index contributed by atoms with van der Waals surface area (Å²) in [4.78, 5) is 43.0. The second-order valence-corrected chi connectivity index (χ2v) is 13.2. The number of phenolic OH excluding ortho intramolecular Hbond substituents is 2. The predicted molar refractivity (Wildman–Crippen MR) is 169 cm³/mol. The van der Waals surface area contributed by atoms with Gasteiger partial charge in [0, 0.05) is 24.1 Å². The van der Waals surface area contributed by atoms with Gasteiger partial charge in [-0.05, 0) is 78.1 Å². The predicted octanol–water partition coefficient (Wildman–Crippen LogP) is 6.30. The monoisotopic (exact) mass is 597 g/mol. The smallest absolute Gasteiger partial charge is 0.408 e. The minimum absolute atomic E-state index is 0.0597. The summed E-state index contributed by atoms with van der Waals surface area (Å²) >= 11 is 0. The molecule has 0 spiro atoms. The van der Waals surface area contributed by atoms with Gasteiger partial charge in [-0.15, -0.1) is 0 Å². The van der Waals surface area contributed by atoms with Crippen molar-refractivity contribution in [3.63, 3.8) is 0 Å². The molecule has 0 radical (unpaired) electrons. The number of aromatic hydroxyl groups is 2. The van der Waals surface area contributed by atoms with E-state index in [0.717, 1.165) is 25.7 Å². The van der Waals surface area contributed by atoms with Crippen molar-refractivity contribution >= 4 is 17.9 Å². The highest BCUT2D eigenvalue weighted by Crippen LogP contribution is 2.33. The molecule has 4 N–H and O–H groups in total. The molecular weight excluding hydrogens is 546 g/mol. The number of unbranched alkanes of at least 4 members (excludes halogenated alkanes) is 4. The highest BCUT2D eigenvalue weighted by molar-refractivity contribution is 5.93. The molecule has 0 saturated heterocycles. The molecule has 0 aliphatic carbocycles. The number of para-hydroxylation sites is 1. The maximum Gasteiger partial charge on any atom is 0.408 e. The summed E-state index contributed by atoms with van der Waals surface area (Å²) in [5, 5.41) is 26.6. The van der Waals surface area contributed by atoms with Crippen LogP contribution in [-0.4, -0.2) is 56.7 Å². The van der Waals surface area contributed by atoms with Gasteiger partial charge in [0.2, 0.25) is 11.8 Å². The van der Waals surface area contributed by atoms with E-state index in [1.807, 2.05) is 20.8 Å². The lowest BCUT2D eigenvalue weighted by molar-refractivity contribution is -0.143. The molecule has 0 aliphatic heterocycles. The lowest BCUT2D eigenvalue weighted by atomic mass is 9.96. The molecule has 0 heterocycles. The van der Waals surface area contributed by atoms with Crippen molar-refractivity contribution in [1.82, 2.24) is 15.5 Å². The quantitative estimate of drug-likeness (QED) is 0.201. The zero-order valence-electron chi connectivity index (χ0n) is 27.1. The van der Waals surface area contributed by atoms with Gasteiger partial charge in [0.05, 0.1) is 0 Å². The van der Waals surface area contributed by atoms with Crippen LogP contribution in [0.4, 0.5) is 4.79 Å². The van der Waals surface area contributed by atoms with Gasteiger partial charge in [0.15, 0.2) is 0 Å². The first-order chi connectivity index (χ1) is 20.0. The number of nitrogens with zero attached hydrogens (tertiary/aromatic N) is 1. The maximum atomic E-state index is 14.6. The molecule has 9 nitrogen and oxygen atoms in total. The van der Waals surface area contributed by atoms with Gasteiger partial charge in [-0.2, -0.15) is 0 Å². The highest BCUT2D eigenvalue weighted by atomic mass is 16.6. The number of carbonyl (C=O) groups is 3. The van der Waals surface area contributed by atoms with E-state index in [0.29, 0.717) is 23.1 Å². The third-order valence-electron chi connectivity index (χ3n) is 6.77. The zero-order chi connectivity index (χ0) is 32.4. The van der Waals surface area contributed by atoms with E-state index in [1.165, 1.54) is 17.0 Å². The van der Waals surface area contributed by atoms with Gasteiger partial charge >= 0.3 is 6.09 Å². The van der Waals surface area contributed by atoms with E-state index in [4.69, 9.17) is 4.74 Å². The Hall–Kier alpha value is -3.75. The van der Waals surface area contributed by atoms with Crippen LogP contribution in [0.1, 0.15) is 103 Å². The van der Waals surface area contributed by atoms with Gasteiger partial charge in [-0.25, -0.2) is 4.79 Å². The third-order valence-corrected chi connectivity index (χ3v) is 6.77. The summed E-state index contributed by atoms with van der Waals surface area (Å²) in [6, 6.07) is 9.29. The normalized spacial score (nSPS) is 13.1. The van der Waals surface area contributed by atoms with E-state index >= 15 is 0 Å². The van der Waals surface area contributed by atoms with E-state index < -0.39 is 41.1 Å². The van der Waals surface area contributed by atoms with Crippen molar-refractivity contribution in [1.29, 1.82) is 0 Å². The number of hydrogen-bond acceptors (Lipinski definition) is 6. The summed E-state index contributed by atoms with van der Waals surface area (Å²) < 4.78 is 5.49. The van der Waals surface area contributed by atoms with Gasteiger partial charge in [0.25, 0.3) is 0 Å². The maximum absolute atomic E-state index is 14.6. The van der Waals surface area contributed by atoms with E-state index in [-0.39, 0.29) is 24.5 Å². The first-order valence-electron chi connectivity index (χ1n) is 15.2. The van der Waals surface area contributed by atoms with Crippen LogP contribution in [0.2, 0.25) is 0 Å². The minimum Gasteiger partial charge on any atom is -0.508 e. The zero-order valence-corrected chi connectivity index (χ0v) is 27.1. The SMILES string of the molecule is CCCCCCCN(C(=O)C(Cc1ccc(O)cc1)NC(=O)OC(C)(C)C)C(C(=O)NC(C)(C)C)c1cccc(C)c1O. The fraction of sp³-hybridized carbons (Fsp3) is 0.559. The number of amides is 3. The number of alkyl carbamates (subject to hydrolysis) is 1. The number of carbonyl (C=O) groups excluding carboxylic acids is 3. The Balaban J connectivity index is 2.63. The molecule has 2 rings (SSSR count). The molecule has 43 heavy (non-hydrogen) atoms. The summed E-state index contributed by atoms with van der Waals surface area (Å²) in [6.07, 6.45) is 3.93. The van der Waals surface area contributed by atoms with Crippen LogP contribution in [0.5, 0.6) is 11.5 Å². The van der Waals surface area contributed by atoms with E-state index in [9.17, 15) is 24.6 Å². The lowest BCUT2D eigenvalue weighted by Gasteiger charge is -2.36. The van der Waals surface area contributed by atoms with Crippen molar-refractivity contribution in [2.45, 2.75) is 117 Å². The largest absolute Gasteiger partial charge is 0.508 e. The Kier molecular flexibility index (Phi) is 12.9. The first kappa shape index (κ1) is 35.4. The van der Waals surface area contributed by atoms with Crippen LogP contribution in [0.25, 0.3) is 0 Å². The van der Waals surface area contributed by atoms with Crippen LogP contribution in [0.3, 0.4) is 0 Å². The molecule has 0 aromatic heterocycles. The molecule has 2 unspecified atom stereocenters. The van der Waals surface area contributed by atoms with Gasteiger partial charge < -0.3 is 30.5 Å². The van der Waals surface area contributed by atoms with E-state index in [2.05, 4.69) is 17.6 Å². The van der Waals surface area contributed by atoms with Gasteiger partial charge in [-0.1, -0.05) is 62.9 Å². The fourth-order valence-corrected chi connectivity index (χ4v) is 4.76. The number of benzene rings is 2. The van der Waals surface area contributed by atoms with Crippen molar-refractivity contribution in [2.24, 2.45) is 0 Å². The molecule has 0 bridgehead atoms. The lowest BCUT2D eigenvalue weighted by Crippen LogP contribution is -2.55. The van der Waals surface area contributed by atoms with Crippen LogP contribution < -0.4 is 10.6 Å². The first-order valence-corrected chi connectivity index (χ1v) is 15.2. The van der Waals surface area contributed by atoms with Crippen molar-refractivity contribution in [3.8, 4) is 11.5 Å². The second kappa shape index (κ2) is 15.6. The summed E-state index contributed by atoms with van der Waals surface area (Å²) in [7, 11) is 0. The molecule has 3 amide bonds. The van der Waals surface area contributed by atoms with Crippen molar-refractivity contribution in [3.05, 3.63) is 59.2 Å². The summed E-state index contributed by atoms with van der Waals surface area (Å²) in [5.74, 6) is -0.898. The molecule has 9 heteroatoms. The Morgan fingerprint density at radius 3 is 2.12 bits per heavy atom. The third kappa shape index (κ3) is 11.8. The van der Waals surface area contributed by atoms with Crippen LogP contribution in [0.15, 0.2) is 42.5 Å². The number of rotatable bonds is 13.